The highest BCUT2D eigenvalue weighted by atomic mass is 16.4. The Morgan fingerprint density at radius 3 is 1.15 bits per heavy atom. The van der Waals surface area contributed by atoms with Crippen LogP contribution in [0.2, 0.25) is 0 Å². The summed E-state index contributed by atoms with van der Waals surface area (Å²) in [4.78, 5) is 51.9. The standard InChI is InChI=1S/C9H18N2O.C4H7NO2.3C4H6O2.C2H6O2/c1-8(2)9(12)10-6-5-7-11(3)4;1-2-4(7)5-3-6;3*1-3(2)4(5)6;3-1-2-4/h1,5-7H2,2-4H3,(H,10,12);2,6H,1,3H2,(H,5,7);3*1H2,2H3,(H,5,6);3-4H,1-2H2. The van der Waals surface area contributed by atoms with Gasteiger partial charge in [-0.25, -0.2) is 14.4 Å². The van der Waals surface area contributed by atoms with Crippen molar-refractivity contribution in [3.8, 4) is 0 Å². The second kappa shape index (κ2) is 35.9. The van der Waals surface area contributed by atoms with Gasteiger partial charge in [0.2, 0.25) is 11.8 Å². The Hall–Kier alpha value is -4.11. The average Bonchev–Trinajstić information content (AvgIpc) is 2.87. The van der Waals surface area contributed by atoms with Crippen molar-refractivity contribution in [2.45, 2.75) is 34.1 Å². The molecule has 0 atom stereocenters. The highest BCUT2D eigenvalue weighted by Gasteiger charge is 1.99. The van der Waals surface area contributed by atoms with Gasteiger partial charge in [0.25, 0.3) is 0 Å². The van der Waals surface area contributed by atoms with Gasteiger partial charge in [-0.15, -0.1) is 0 Å². The normalized spacial score (nSPS) is 8.24. The van der Waals surface area contributed by atoms with E-state index in [0.717, 1.165) is 25.6 Å². The molecule has 0 aliphatic carbocycles. The van der Waals surface area contributed by atoms with Crippen molar-refractivity contribution < 1.29 is 54.6 Å². The fraction of sp³-hybridized carbons (Fsp3) is 0.444. The fourth-order valence-corrected chi connectivity index (χ4v) is 0.898. The van der Waals surface area contributed by atoms with Crippen LogP contribution in [0.3, 0.4) is 0 Å². The molecular formula is C27H49N3O11. The predicted octanol–water partition coefficient (Wildman–Crippen LogP) is 0.781. The van der Waals surface area contributed by atoms with Gasteiger partial charge in [-0.05, 0) is 60.8 Å². The molecule has 0 aliphatic heterocycles. The number of rotatable bonds is 11. The first-order valence-corrected chi connectivity index (χ1v) is 11.7. The number of carboxylic acids is 3. The molecule has 14 heteroatoms. The summed E-state index contributed by atoms with van der Waals surface area (Å²) in [5.74, 6) is -3.21. The van der Waals surface area contributed by atoms with Crippen molar-refractivity contribution in [3.63, 3.8) is 0 Å². The molecule has 0 radical (unpaired) electrons. The minimum absolute atomic E-state index is 0.0474. The number of aliphatic carboxylic acids is 3. The Labute approximate surface area is 242 Å². The minimum atomic E-state index is -0.935. The quantitative estimate of drug-likeness (QED) is 0.0946. The van der Waals surface area contributed by atoms with Gasteiger partial charge in [0.05, 0.1) is 13.2 Å². The third-order valence-electron chi connectivity index (χ3n) is 3.09. The third kappa shape index (κ3) is 66.5. The summed E-state index contributed by atoms with van der Waals surface area (Å²) in [7, 11) is 4.03. The number of aliphatic hydroxyl groups is 3. The highest BCUT2D eigenvalue weighted by molar-refractivity contribution is 5.92. The summed E-state index contributed by atoms with van der Waals surface area (Å²) in [6, 6.07) is 0. The fourth-order valence-electron chi connectivity index (χ4n) is 0.898. The van der Waals surface area contributed by atoms with Crippen LogP contribution in [-0.4, -0.2) is 112 Å². The average molecular weight is 592 g/mol. The van der Waals surface area contributed by atoms with E-state index in [9.17, 15) is 24.0 Å². The first-order chi connectivity index (χ1) is 18.7. The number of amides is 2. The lowest BCUT2D eigenvalue weighted by Crippen LogP contribution is -2.27. The summed E-state index contributed by atoms with van der Waals surface area (Å²) in [5.41, 5.74) is 1.10. The molecule has 238 valence electrons. The van der Waals surface area contributed by atoms with Crippen LogP contribution in [0.25, 0.3) is 0 Å². The van der Waals surface area contributed by atoms with Crippen molar-refractivity contribution >= 4 is 29.7 Å². The molecule has 0 rings (SSSR count). The van der Waals surface area contributed by atoms with Gasteiger partial charge in [0.15, 0.2) is 0 Å². The first-order valence-electron chi connectivity index (χ1n) is 11.7. The third-order valence-corrected chi connectivity index (χ3v) is 3.09. The molecule has 2 amide bonds. The number of hydrogen-bond acceptors (Lipinski definition) is 9. The molecule has 0 spiro atoms. The van der Waals surface area contributed by atoms with Crippen molar-refractivity contribution in [1.82, 2.24) is 15.5 Å². The van der Waals surface area contributed by atoms with Gasteiger partial charge in [0, 0.05) is 28.8 Å². The predicted molar refractivity (Wildman–Crippen MR) is 158 cm³/mol. The van der Waals surface area contributed by atoms with E-state index in [-0.39, 0.29) is 48.5 Å². The van der Waals surface area contributed by atoms with Crippen molar-refractivity contribution in [2.75, 3.05) is 47.1 Å². The smallest absolute Gasteiger partial charge is 0.330 e. The number of carbonyl (C=O) groups is 5. The van der Waals surface area contributed by atoms with Gasteiger partial charge in [-0.2, -0.15) is 0 Å². The maximum atomic E-state index is 11.0. The van der Waals surface area contributed by atoms with E-state index >= 15 is 0 Å². The molecule has 0 saturated carbocycles. The molecule has 0 aliphatic rings. The Kier molecular flexibility index (Phi) is 43.6. The zero-order valence-electron chi connectivity index (χ0n) is 25.0. The van der Waals surface area contributed by atoms with Crippen LogP contribution in [0.15, 0.2) is 61.3 Å². The van der Waals surface area contributed by atoms with E-state index < -0.39 is 17.9 Å². The van der Waals surface area contributed by atoms with Crippen molar-refractivity contribution in [2.24, 2.45) is 0 Å². The van der Waals surface area contributed by atoms with Crippen LogP contribution in [0.1, 0.15) is 34.1 Å². The molecule has 41 heavy (non-hydrogen) atoms. The van der Waals surface area contributed by atoms with E-state index in [2.05, 4.69) is 48.4 Å². The maximum Gasteiger partial charge on any atom is 0.330 e. The number of carboxylic acid groups (broad SMARTS) is 3. The zero-order valence-corrected chi connectivity index (χ0v) is 25.0. The number of hydrogen-bond donors (Lipinski definition) is 8. The summed E-state index contributed by atoms with van der Waals surface area (Å²) >= 11 is 0. The number of nitrogens with zero attached hydrogens (tertiary/aromatic N) is 1. The Morgan fingerprint density at radius 2 is 1.00 bits per heavy atom. The lowest BCUT2D eigenvalue weighted by Gasteiger charge is -2.09. The van der Waals surface area contributed by atoms with Crippen molar-refractivity contribution in [3.05, 3.63) is 61.3 Å². The zero-order chi connectivity index (χ0) is 34.1. The number of carbonyl (C=O) groups excluding carboxylic acids is 2. The van der Waals surface area contributed by atoms with Crippen LogP contribution in [0.4, 0.5) is 0 Å². The molecule has 14 nitrogen and oxygen atoms in total. The van der Waals surface area contributed by atoms with E-state index in [1.807, 2.05) is 14.1 Å². The molecule has 8 N–H and O–H groups in total. The highest BCUT2D eigenvalue weighted by Crippen LogP contribution is 1.87. The second-order valence-corrected chi connectivity index (χ2v) is 7.80. The van der Waals surface area contributed by atoms with Crippen LogP contribution in [0, 0.1) is 0 Å². The molecular weight excluding hydrogens is 542 g/mol. The van der Waals surface area contributed by atoms with Crippen molar-refractivity contribution in [1.29, 1.82) is 0 Å². The molecule has 0 aromatic heterocycles. The SMILES string of the molecule is C=C(C)C(=O)NCCCN(C)C.C=C(C)C(=O)O.C=C(C)C(=O)O.C=C(C)C(=O)O.C=CC(=O)NCO.OCCO. The van der Waals surface area contributed by atoms with E-state index in [0.29, 0.717) is 5.57 Å². The number of aliphatic hydroxyl groups excluding tert-OH is 3. The molecule has 0 aromatic rings. The lowest BCUT2D eigenvalue weighted by atomic mass is 10.3. The molecule has 0 bridgehead atoms. The van der Waals surface area contributed by atoms with Gasteiger partial charge in [-0.3, -0.25) is 9.59 Å². The Morgan fingerprint density at radius 1 is 0.683 bits per heavy atom. The van der Waals surface area contributed by atoms with Crippen LogP contribution < -0.4 is 10.6 Å². The second-order valence-electron chi connectivity index (χ2n) is 7.80. The lowest BCUT2D eigenvalue weighted by molar-refractivity contribution is -0.133. The molecule has 0 heterocycles. The van der Waals surface area contributed by atoms with E-state index in [4.69, 9.17) is 30.6 Å². The Bertz CT molecular complexity index is 741. The van der Waals surface area contributed by atoms with Gasteiger partial charge >= 0.3 is 17.9 Å². The molecule has 0 saturated heterocycles. The molecule has 0 aromatic carbocycles. The Balaban J connectivity index is -0.0000000932. The summed E-state index contributed by atoms with van der Waals surface area (Å²) in [6.07, 6.45) is 2.07. The van der Waals surface area contributed by atoms with E-state index in [1.165, 1.54) is 20.8 Å². The van der Waals surface area contributed by atoms with Crippen LogP contribution in [-0.2, 0) is 24.0 Å². The summed E-state index contributed by atoms with van der Waals surface area (Å²) in [6.45, 7) is 23.4. The first kappa shape index (κ1) is 49.8. The summed E-state index contributed by atoms with van der Waals surface area (Å²) < 4.78 is 0. The number of nitrogens with one attached hydrogen (secondary N) is 2. The van der Waals surface area contributed by atoms with Gasteiger partial charge in [0.1, 0.15) is 6.73 Å². The van der Waals surface area contributed by atoms with Crippen LogP contribution in [0.5, 0.6) is 0 Å². The van der Waals surface area contributed by atoms with Gasteiger partial charge in [-0.1, -0.05) is 32.9 Å². The van der Waals surface area contributed by atoms with Gasteiger partial charge < -0.3 is 46.2 Å². The van der Waals surface area contributed by atoms with E-state index in [1.54, 1.807) is 6.92 Å². The molecule has 0 fully saturated rings. The monoisotopic (exact) mass is 591 g/mol. The summed E-state index contributed by atoms with van der Waals surface area (Å²) in [5, 5.41) is 51.8. The maximum absolute atomic E-state index is 11.0. The largest absolute Gasteiger partial charge is 0.478 e. The van der Waals surface area contributed by atoms with Crippen LogP contribution >= 0.6 is 0 Å². The molecule has 0 unspecified atom stereocenters. The topological polar surface area (TPSA) is 234 Å². The minimum Gasteiger partial charge on any atom is -0.478 e.